The second-order valence-corrected chi connectivity index (χ2v) is 9.86. The maximum absolute atomic E-state index is 5.87. The Morgan fingerprint density at radius 1 is 0.872 bits per heavy atom. The van der Waals surface area contributed by atoms with E-state index in [1.54, 1.807) is 0 Å². The zero-order valence-corrected chi connectivity index (χ0v) is 22.1. The molecule has 0 aliphatic carbocycles. The van der Waals surface area contributed by atoms with Gasteiger partial charge in [-0.2, -0.15) is 4.68 Å². The predicted molar refractivity (Wildman–Crippen MR) is 149 cm³/mol. The Morgan fingerprint density at radius 3 is 2.51 bits per heavy atom. The van der Waals surface area contributed by atoms with Crippen LogP contribution in [0.2, 0.25) is 0 Å². The number of pyridine rings is 1. The van der Waals surface area contributed by atoms with E-state index in [4.69, 9.17) is 9.47 Å². The highest BCUT2D eigenvalue weighted by Gasteiger charge is 2.30. The summed E-state index contributed by atoms with van der Waals surface area (Å²) in [4.78, 5) is 9.28. The molecule has 0 radical (unpaired) electrons. The van der Waals surface area contributed by atoms with Crippen molar-refractivity contribution in [3.05, 3.63) is 102 Å². The van der Waals surface area contributed by atoms with Crippen molar-refractivity contribution in [3.63, 3.8) is 0 Å². The fourth-order valence-corrected chi connectivity index (χ4v) is 5.01. The van der Waals surface area contributed by atoms with Gasteiger partial charge in [0.05, 0.1) is 17.2 Å². The third-order valence-electron chi connectivity index (χ3n) is 6.91. The van der Waals surface area contributed by atoms with Crippen molar-refractivity contribution < 1.29 is 9.47 Å². The lowest BCUT2D eigenvalue weighted by molar-refractivity contribution is 0.171. The highest BCUT2D eigenvalue weighted by atomic mass is 16.6. The van der Waals surface area contributed by atoms with Crippen molar-refractivity contribution in [3.8, 4) is 17.2 Å². The average molecular weight is 522 g/mol. The number of benzene rings is 3. The van der Waals surface area contributed by atoms with Gasteiger partial charge in [0.25, 0.3) is 0 Å². The van der Waals surface area contributed by atoms with Crippen molar-refractivity contribution in [1.29, 1.82) is 0 Å². The first-order chi connectivity index (χ1) is 19.2. The second-order valence-electron chi connectivity index (χ2n) is 9.86. The Kier molecular flexibility index (Phi) is 7.16. The van der Waals surface area contributed by atoms with Crippen LogP contribution in [0.5, 0.6) is 11.5 Å². The molecule has 3 aromatic carbocycles. The summed E-state index contributed by atoms with van der Waals surface area (Å²) in [5.41, 5.74) is 4.07. The summed E-state index contributed by atoms with van der Waals surface area (Å²) < 4.78 is 13.4. The van der Waals surface area contributed by atoms with Gasteiger partial charge in [-0.1, -0.05) is 48.5 Å². The molecular formula is C30H31N7O2. The van der Waals surface area contributed by atoms with Gasteiger partial charge >= 0.3 is 0 Å². The van der Waals surface area contributed by atoms with Gasteiger partial charge < -0.3 is 14.4 Å². The molecule has 0 bridgehead atoms. The lowest BCUT2D eigenvalue weighted by Crippen LogP contribution is -2.36. The van der Waals surface area contributed by atoms with Crippen LogP contribution in [0.15, 0.2) is 85.1 Å². The van der Waals surface area contributed by atoms with E-state index in [9.17, 15) is 0 Å². The molecule has 9 heteroatoms. The first-order valence-corrected chi connectivity index (χ1v) is 13.1. The molecule has 198 valence electrons. The molecule has 1 aliphatic rings. The standard InChI is InChI=1S/C30H31N7O2/c1-35(2)16-17-36(21-22-8-4-3-5-9-22)29(25-14-15-31-26-11-7-6-10-24(25)26)30-32-33-34-37(30)23-12-13-27-28(20-23)39-19-18-38-27/h3-15,20,29H,16-19,21H2,1-2H3. The van der Waals surface area contributed by atoms with Crippen LogP contribution >= 0.6 is 0 Å². The molecule has 1 aliphatic heterocycles. The van der Waals surface area contributed by atoms with E-state index in [2.05, 4.69) is 86.9 Å². The van der Waals surface area contributed by atoms with E-state index >= 15 is 0 Å². The van der Waals surface area contributed by atoms with Gasteiger partial charge in [-0.25, -0.2) is 0 Å². The van der Waals surface area contributed by atoms with Gasteiger partial charge in [0, 0.05) is 37.3 Å². The number of rotatable bonds is 9. The topological polar surface area (TPSA) is 81.4 Å². The molecule has 9 nitrogen and oxygen atoms in total. The Morgan fingerprint density at radius 2 is 1.67 bits per heavy atom. The molecule has 5 aromatic rings. The second kappa shape index (κ2) is 11.2. The summed E-state index contributed by atoms with van der Waals surface area (Å²) >= 11 is 0. The molecule has 0 saturated heterocycles. The molecule has 1 atom stereocenters. The summed E-state index contributed by atoms with van der Waals surface area (Å²) in [5.74, 6) is 2.14. The summed E-state index contributed by atoms with van der Waals surface area (Å²) in [6.07, 6.45) is 1.87. The molecular weight excluding hydrogens is 490 g/mol. The Balaban J connectivity index is 1.51. The number of para-hydroxylation sites is 1. The quantitative estimate of drug-likeness (QED) is 0.286. The summed E-state index contributed by atoms with van der Waals surface area (Å²) in [7, 11) is 4.19. The average Bonchev–Trinajstić information content (AvgIpc) is 3.46. The highest BCUT2D eigenvalue weighted by Crippen LogP contribution is 2.36. The predicted octanol–water partition coefficient (Wildman–Crippen LogP) is 4.13. The van der Waals surface area contributed by atoms with Crippen LogP contribution in [-0.4, -0.2) is 75.4 Å². The SMILES string of the molecule is CN(C)CCN(Cc1ccccc1)C(c1ccnc2ccccc12)c1nnnn1-c1ccc2c(c1)OCCO2. The van der Waals surface area contributed by atoms with Crippen molar-refractivity contribution in [2.45, 2.75) is 12.6 Å². The molecule has 0 fully saturated rings. The van der Waals surface area contributed by atoms with Crippen molar-refractivity contribution in [2.75, 3.05) is 40.4 Å². The highest BCUT2D eigenvalue weighted by molar-refractivity contribution is 5.82. The fraction of sp³-hybridized carbons (Fsp3) is 0.267. The first kappa shape index (κ1) is 25.0. The van der Waals surface area contributed by atoms with Gasteiger partial charge in [-0.15, -0.1) is 5.10 Å². The summed E-state index contributed by atoms with van der Waals surface area (Å²) in [6, 6.07) is 26.4. The normalized spacial score (nSPS) is 13.7. The van der Waals surface area contributed by atoms with E-state index in [1.165, 1.54) is 5.56 Å². The van der Waals surface area contributed by atoms with Crippen molar-refractivity contribution >= 4 is 10.9 Å². The van der Waals surface area contributed by atoms with Crippen LogP contribution < -0.4 is 9.47 Å². The van der Waals surface area contributed by atoms with Gasteiger partial charge in [-0.05, 0) is 59.9 Å². The lowest BCUT2D eigenvalue weighted by Gasteiger charge is -2.33. The number of aromatic nitrogens is 5. The van der Waals surface area contributed by atoms with E-state index < -0.39 is 0 Å². The minimum atomic E-state index is -0.249. The summed E-state index contributed by atoms with van der Waals surface area (Å²) in [5, 5.41) is 14.3. The van der Waals surface area contributed by atoms with Crippen LogP contribution in [-0.2, 0) is 6.54 Å². The van der Waals surface area contributed by atoms with Crippen LogP contribution in [0.3, 0.4) is 0 Å². The summed E-state index contributed by atoms with van der Waals surface area (Å²) in [6.45, 7) is 3.46. The van der Waals surface area contributed by atoms with E-state index in [0.29, 0.717) is 19.0 Å². The molecule has 0 amide bonds. The molecule has 0 spiro atoms. The van der Waals surface area contributed by atoms with Gasteiger partial charge in [0.1, 0.15) is 13.2 Å². The molecule has 39 heavy (non-hydrogen) atoms. The molecule has 2 aromatic heterocycles. The van der Waals surface area contributed by atoms with Crippen molar-refractivity contribution in [2.24, 2.45) is 0 Å². The maximum Gasteiger partial charge on any atom is 0.178 e. The first-order valence-electron chi connectivity index (χ1n) is 13.1. The number of hydrogen-bond acceptors (Lipinski definition) is 8. The van der Waals surface area contributed by atoms with Crippen LogP contribution in [0.1, 0.15) is 23.0 Å². The molecule has 1 unspecified atom stereocenters. The van der Waals surface area contributed by atoms with E-state index in [0.717, 1.165) is 53.4 Å². The minimum absolute atomic E-state index is 0.249. The number of likely N-dealkylation sites (N-methyl/N-ethyl adjacent to an activating group) is 1. The third kappa shape index (κ3) is 5.32. The van der Waals surface area contributed by atoms with Gasteiger partial charge in [0.15, 0.2) is 17.3 Å². The number of tetrazole rings is 1. The largest absolute Gasteiger partial charge is 0.486 e. The number of fused-ring (bicyclic) bond motifs is 2. The Hall–Kier alpha value is -4.34. The molecule has 6 rings (SSSR count). The lowest BCUT2D eigenvalue weighted by atomic mass is 9.99. The minimum Gasteiger partial charge on any atom is -0.486 e. The number of ether oxygens (including phenoxy) is 2. The Bertz CT molecular complexity index is 1550. The molecule has 3 heterocycles. The van der Waals surface area contributed by atoms with E-state index in [-0.39, 0.29) is 6.04 Å². The number of nitrogens with zero attached hydrogens (tertiary/aromatic N) is 7. The Labute approximate surface area is 227 Å². The maximum atomic E-state index is 5.87. The zero-order valence-electron chi connectivity index (χ0n) is 22.1. The van der Waals surface area contributed by atoms with E-state index in [1.807, 2.05) is 47.3 Å². The third-order valence-corrected chi connectivity index (χ3v) is 6.91. The van der Waals surface area contributed by atoms with Gasteiger partial charge in [0.2, 0.25) is 0 Å². The van der Waals surface area contributed by atoms with Crippen LogP contribution in [0.25, 0.3) is 16.6 Å². The molecule has 0 N–H and O–H groups in total. The monoisotopic (exact) mass is 521 g/mol. The van der Waals surface area contributed by atoms with Crippen molar-refractivity contribution in [1.82, 2.24) is 35.0 Å². The number of hydrogen-bond donors (Lipinski definition) is 0. The van der Waals surface area contributed by atoms with Crippen LogP contribution in [0, 0.1) is 0 Å². The van der Waals surface area contributed by atoms with Gasteiger partial charge in [-0.3, -0.25) is 9.88 Å². The zero-order chi connectivity index (χ0) is 26.6. The molecule has 0 saturated carbocycles. The van der Waals surface area contributed by atoms with Crippen LogP contribution in [0.4, 0.5) is 0 Å². The fourth-order valence-electron chi connectivity index (χ4n) is 5.01. The smallest absolute Gasteiger partial charge is 0.178 e.